The lowest BCUT2D eigenvalue weighted by Gasteiger charge is -2.22. The van der Waals surface area contributed by atoms with Crippen LogP contribution in [0.4, 0.5) is 13.2 Å². The minimum Gasteiger partial charge on any atom is -0.395 e. The topological polar surface area (TPSA) is 40.5 Å². The van der Waals surface area contributed by atoms with Gasteiger partial charge in [0.05, 0.1) is 17.7 Å². The van der Waals surface area contributed by atoms with E-state index >= 15 is 0 Å². The third-order valence-electron chi connectivity index (χ3n) is 2.47. The number of aliphatic hydroxyl groups is 1. The second-order valence-corrected chi connectivity index (χ2v) is 3.81. The summed E-state index contributed by atoms with van der Waals surface area (Å²) in [5.41, 5.74) is -1.41. The smallest absolute Gasteiger partial charge is 0.395 e. The van der Waals surface area contributed by atoms with Gasteiger partial charge in [0.2, 0.25) is 0 Å². The molecule has 6 heteroatoms. The molecular weight excluding hydrogens is 259 g/mol. The van der Waals surface area contributed by atoms with Crippen LogP contribution in [0.5, 0.6) is 0 Å². The van der Waals surface area contributed by atoms with Gasteiger partial charge in [-0.05, 0) is 12.1 Å². The fraction of sp³-hybridized carbons (Fsp3) is 0.308. The number of hydrogen-bond donors (Lipinski definition) is 1. The molecule has 1 amide bonds. The van der Waals surface area contributed by atoms with Crippen molar-refractivity contribution in [3.05, 3.63) is 48.0 Å². The quantitative estimate of drug-likeness (QED) is 0.836. The van der Waals surface area contributed by atoms with Gasteiger partial charge in [-0.15, -0.1) is 6.58 Å². The molecule has 3 nitrogen and oxygen atoms in total. The van der Waals surface area contributed by atoms with Crippen molar-refractivity contribution < 1.29 is 23.1 Å². The molecule has 1 aromatic rings. The number of carbonyl (C=O) groups is 1. The molecule has 0 unspecified atom stereocenters. The van der Waals surface area contributed by atoms with Crippen molar-refractivity contribution >= 4 is 5.91 Å². The highest BCUT2D eigenvalue weighted by molar-refractivity contribution is 5.96. The van der Waals surface area contributed by atoms with Crippen LogP contribution in [-0.4, -0.2) is 35.6 Å². The van der Waals surface area contributed by atoms with Crippen molar-refractivity contribution in [2.75, 3.05) is 19.7 Å². The first-order chi connectivity index (χ1) is 8.91. The van der Waals surface area contributed by atoms with E-state index in [9.17, 15) is 18.0 Å². The minimum absolute atomic E-state index is 0.0446. The number of halogens is 3. The van der Waals surface area contributed by atoms with Crippen molar-refractivity contribution in [2.45, 2.75) is 6.18 Å². The van der Waals surface area contributed by atoms with E-state index in [2.05, 4.69) is 6.58 Å². The van der Waals surface area contributed by atoms with Gasteiger partial charge in [-0.1, -0.05) is 18.2 Å². The van der Waals surface area contributed by atoms with Crippen molar-refractivity contribution in [1.82, 2.24) is 4.90 Å². The van der Waals surface area contributed by atoms with Crippen molar-refractivity contribution in [2.24, 2.45) is 0 Å². The van der Waals surface area contributed by atoms with Crippen LogP contribution >= 0.6 is 0 Å². The highest BCUT2D eigenvalue weighted by Crippen LogP contribution is 2.32. The van der Waals surface area contributed by atoms with Gasteiger partial charge in [-0.3, -0.25) is 4.79 Å². The highest BCUT2D eigenvalue weighted by atomic mass is 19.4. The standard InChI is InChI=1S/C13H14F3NO2/c1-2-7-17(8-9-18)12(19)10-5-3-4-6-11(10)13(14,15)16/h2-6,18H,1,7-9H2. The molecule has 1 N–H and O–H groups in total. The number of benzene rings is 1. The SMILES string of the molecule is C=CCN(CCO)C(=O)c1ccccc1C(F)(F)F. The first-order valence-corrected chi connectivity index (χ1v) is 5.59. The molecule has 1 rings (SSSR count). The Kier molecular flexibility index (Phi) is 5.11. The minimum atomic E-state index is -4.59. The first-order valence-electron chi connectivity index (χ1n) is 5.59. The Morgan fingerprint density at radius 3 is 2.53 bits per heavy atom. The number of hydrogen-bond acceptors (Lipinski definition) is 2. The Morgan fingerprint density at radius 1 is 1.37 bits per heavy atom. The number of rotatable bonds is 5. The number of carbonyl (C=O) groups excluding carboxylic acids is 1. The molecule has 0 heterocycles. The Hall–Kier alpha value is -1.82. The Morgan fingerprint density at radius 2 is 2.00 bits per heavy atom. The monoisotopic (exact) mass is 273 g/mol. The van der Waals surface area contributed by atoms with E-state index in [0.717, 1.165) is 17.0 Å². The maximum Gasteiger partial charge on any atom is 0.417 e. The fourth-order valence-electron chi connectivity index (χ4n) is 1.64. The average molecular weight is 273 g/mol. The van der Waals surface area contributed by atoms with E-state index in [-0.39, 0.29) is 19.7 Å². The van der Waals surface area contributed by atoms with E-state index in [4.69, 9.17) is 5.11 Å². The summed E-state index contributed by atoms with van der Waals surface area (Å²) in [6.45, 7) is 3.14. The lowest BCUT2D eigenvalue weighted by molar-refractivity contribution is -0.138. The van der Waals surface area contributed by atoms with Gasteiger partial charge >= 0.3 is 6.18 Å². The van der Waals surface area contributed by atoms with Crippen molar-refractivity contribution in [1.29, 1.82) is 0 Å². The van der Waals surface area contributed by atoms with E-state index in [1.165, 1.54) is 18.2 Å². The predicted molar refractivity (Wildman–Crippen MR) is 64.6 cm³/mol. The van der Waals surface area contributed by atoms with Crippen LogP contribution < -0.4 is 0 Å². The van der Waals surface area contributed by atoms with Crippen LogP contribution in [0.25, 0.3) is 0 Å². The second kappa shape index (κ2) is 6.38. The number of alkyl halides is 3. The lowest BCUT2D eigenvalue weighted by atomic mass is 10.1. The summed E-state index contributed by atoms with van der Waals surface area (Å²) in [5.74, 6) is -0.776. The molecule has 0 radical (unpaired) electrons. The zero-order chi connectivity index (χ0) is 14.5. The van der Waals surface area contributed by atoms with Gasteiger partial charge in [0.15, 0.2) is 0 Å². The molecule has 0 aromatic heterocycles. The largest absolute Gasteiger partial charge is 0.417 e. The van der Waals surface area contributed by atoms with Crippen LogP contribution in [0.2, 0.25) is 0 Å². The normalized spacial score (nSPS) is 11.2. The van der Waals surface area contributed by atoms with E-state index in [1.807, 2.05) is 0 Å². The van der Waals surface area contributed by atoms with Crippen LogP contribution in [0.1, 0.15) is 15.9 Å². The van der Waals surface area contributed by atoms with E-state index < -0.39 is 23.2 Å². The molecule has 0 aliphatic heterocycles. The number of amides is 1. The van der Waals surface area contributed by atoms with Gasteiger partial charge in [0, 0.05) is 13.1 Å². The van der Waals surface area contributed by atoms with Crippen LogP contribution in [0.15, 0.2) is 36.9 Å². The summed E-state index contributed by atoms with van der Waals surface area (Å²) >= 11 is 0. The molecule has 19 heavy (non-hydrogen) atoms. The van der Waals surface area contributed by atoms with E-state index in [1.54, 1.807) is 0 Å². The summed E-state index contributed by atoms with van der Waals surface area (Å²) in [7, 11) is 0. The molecule has 0 aliphatic carbocycles. The van der Waals surface area contributed by atoms with Gasteiger partial charge in [0.25, 0.3) is 5.91 Å². The summed E-state index contributed by atoms with van der Waals surface area (Å²) in [6, 6.07) is 4.58. The molecule has 0 saturated carbocycles. The first kappa shape index (κ1) is 15.2. The number of nitrogens with zero attached hydrogens (tertiary/aromatic N) is 1. The fourth-order valence-corrected chi connectivity index (χ4v) is 1.64. The lowest BCUT2D eigenvalue weighted by Crippen LogP contribution is -2.35. The maximum atomic E-state index is 12.8. The van der Waals surface area contributed by atoms with Gasteiger partial charge < -0.3 is 10.0 Å². The van der Waals surface area contributed by atoms with Crippen molar-refractivity contribution in [3.8, 4) is 0 Å². The molecular formula is C13H14F3NO2. The Balaban J connectivity index is 3.14. The molecule has 0 aliphatic rings. The van der Waals surface area contributed by atoms with Crippen molar-refractivity contribution in [3.63, 3.8) is 0 Å². The number of aliphatic hydroxyl groups excluding tert-OH is 1. The molecule has 1 aromatic carbocycles. The predicted octanol–water partition coefficient (Wildman–Crippen LogP) is 2.33. The summed E-state index contributed by atoms with van der Waals surface area (Å²) in [4.78, 5) is 13.2. The highest BCUT2D eigenvalue weighted by Gasteiger charge is 2.35. The molecule has 0 bridgehead atoms. The summed E-state index contributed by atoms with van der Waals surface area (Å²) < 4.78 is 38.4. The average Bonchev–Trinajstić information content (AvgIpc) is 2.37. The molecule has 0 spiro atoms. The van der Waals surface area contributed by atoms with Gasteiger partial charge in [0.1, 0.15) is 0 Å². The van der Waals surface area contributed by atoms with Crippen LogP contribution in [-0.2, 0) is 6.18 Å². The summed E-state index contributed by atoms with van der Waals surface area (Å²) in [6.07, 6.45) is -3.20. The molecule has 0 atom stereocenters. The molecule has 0 fully saturated rings. The van der Waals surface area contributed by atoms with Crippen LogP contribution in [0, 0.1) is 0 Å². The third kappa shape index (κ3) is 3.82. The van der Waals surface area contributed by atoms with Gasteiger partial charge in [-0.25, -0.2) is 0 Å². The van der Waals surface area contributed by atoms with Crippen LogP contribution in [0.3, 0.4) is 0 Å². The molecule has 0 saturated heterocycles. The summed E-state index contributed by atoms with van der Waals surface area (Å²) in [5, 5.41) is 8.84. The van der Waals surface area contributed by atoms with E-state index in [0.29, 0.717) is 0 Å². The third-order valence-corrected chi connectivity index (χ3v) is 2.47. The van der Waals surface area contributed by atoms with Gasteiger partial charge in [-0.2, -0.15) is 13.2 Å². The maximum absolute atomic E-state index is 12.8. The Labute approximate surface area is 109 Å². The zero-order valence-electron chi connectivity index (χ0n) is 10.2. The zero-order valence-corrected chi connectivity index (χ0v) is 10.2. The second-order valence-electron chi connectivity index (χ2n) is 3.81. The molecule has 104 valence electrons. The Bertz CT molecular complexity index is 457.